The van der Waals surface area contributed by atoms with Gasteiger partial charge in [0, 0.05) is 13.5 Å². The zero-order valence-electron chi connectivity index (χ0n) is 11.0. The van der Waals surface area contributed by atoms with Crippen LogP contribution in [0.5, 0.6) is 0 Å². The zero-order valence-corrected chi connectivity index (χ0v) is 11.0. The summed E-state index contributed by atoms with van der Waals surface area (Å²) in [6, 6.07) is 9.53. The summed E-state index contributed by atoms with van der Waals surface area (Å²) >= 11 is 0. The Morgan fingerprint density at radius 2 is 1.79 bits per heavy atom. The van der Waals surface area contributed by atoms with Crippen molar-refractivity contribution in [2.45, 2.75) is 11.9 Å². The van der Waals surface area contributed by atoms with Gasteiger partial charge >= 0.3 is 7.12 Å². The summed E-state index contributed by atoms with van der Waals surface area (Å²) in [7, 11) is 1.38. The molecule has 0 amide bonds. The largest absolute Gasteiger partial charge is 0.501 e. The van der Waals surface area contributed by atoms with Crippen LogP contribution in [0.15, 0.2) is 48.2 Å². The second-order valence-corrected chi connectivity index (χ2v) is 4.43. The summed E-state index contributed by atoms with van der Waals surface area (Å²) in [4.78, 5) is 0. The summed E-state index contributed by atoms with van der Waals surface area (Å²) in [6.07, 6.45) is 3.90. The minimum atomic E-state index is -1.64. The number of ether oxygens (including phenoxy) is 2. The van der Waals surface area contributed by atoms with Crippen LogP contribution in [-0.2, 0) is 9.47 Å². The lowest BCUT2D eigenvalue weighted by molar-refractivity contribution is 0.0627. The molecule has 4 nitrogen and oxygen atoms in total. The molecule has 1 atom stereocenters. The van der Waals surface area contributed by atoms with E-state index in [0.29, 0.717) is 5.76 Å². The van der Waals surface area contributed by atoms with Gasteiger partial charge in [0.05, 0.1) is 12.9 Å². The van der Waals surface area contributed by atoms with E-state index in [1.165, 1.54) is 7.11 Å². The average Bonchev–Trinajstić information content (AvgIpc) is 2.47. The lowest BCUT2D eigenvalue weighted by atomic mass is 9.58. The molecule has 0 bridgehead atoms. The van der Waals surface area contributed by atoms with E-state index in [0.717, 1.165) is 11.1 Å². The number of hydrogen-bond acceptors (Lipinski definition) is 4. The van der Waals surface area contributed by atoms with Crippen molar-refractivity contribution in [2.75, 3.05) is 14.2 Å². The Bertz CT molecular complexity index is 495. The van der Waals surface area contributed by atoms with Gasteiger partial charge in [-0.2, -0.15) is 0 Å². The molecule has 5 heteroatoms. The third kappa shape index (κ3) is 2.45. The van der Waals surface area contributed by atoms with Crippen LogP contribution in [0.3, 0.4) is 0 Å². The Labute approximate surface area is 113 Å². The summed E-state index contributed by atoms with van der Waals surface area (Å²) in [6.45, 7) is 0. The van der Waals surface area contributed by atoms with Crippen molar-refractivity contribution >= 4 is 12.7 Å². The molecule has 1 aliphatic carbocycles. The maximum absolute atomic E-state index is 9.78. The Kier molecular flexibility index (Phi) is 4.09. The molecule has 0 spiro atoms. The molecular formula is C14H17BO4. The second-order valence-electron chi connectivity index (χ2n) is 4.43. The molecule has 2 N–H and O–H groups in total. The van der Waals surface area contributed by atoms with Gasteiger partial charge in [-0.1, -0.05) is 36.4 Å². The van der Waals surface area contributed by atoms with Gasteiger partial charge < -0.3 is 19.5 Å². The third-order valence-corrected chi connectivity index (χ3v) is 3.46. The van der Waals surface area contributed by atoms with E-state index < -0.39 is 12.6 Å². The normalized spacial score (nSPS) is 22.5. The molecule has 100 valence electrons. The predicted molar refractivity (Wildman–Crippen MR) is 74.1 cm³/mol. The number of rotatable bonds is 4. The Balaban J connectivity index is 2.52. The summed E-state index contributed by atoms with van der Waals surface area (Å²) in [5.74, 6) is 0.648. The highest BCUT2D eigenvalue weighted by molar-refractivity contribution is 6.49. The molecule has 0 heterocycles. The molecule has 1 unspecified atom stereocenters. The standard InChI is InChI=1S/C14H17BO4/c1-18-12-8-9-13(11-6-4-3-5-7-11)14(10-12,19-2)15(16)17/h3-9,16-17H,10H2,1-2H3. The van der Waals surface area contributed by atoms with E-state index in [1.54, 1.807) is 13.2 Å². The van der Waals surface area contributed by atoms with Gasteiger partial charge in [0.25, 0.3) is 0 Å². The maximum Gasteiger partial charge on any atom is 0.491 e. The number of hydrogen-bond donors (Lipinski definition) is 2. The summed E-state index contributed by atoms with van der Waals surface area (Å²) < 4.78 is 10.6. The first kappa shape index (κ1) is 13.9. The molecule has 0 saturated heterocycles. The van der Waals surface area contributed by atoms with Crippen molar-refractivity contribution in [1.29, 1.82) is 0 Å². The van der Waals surface area contributed by atoms with E-state index in [4.69, 9.17) is 9.47 Å². The van der Waals surface area contributed by atoms with Crippen molar-refractivity contribution in [3.8, 4) is 0 Å². The highest BCUT2D eigenvalue weighted by Gasteiger charge is 2.48. The van der Waals surface area contributed by atoms with Crippen LogP contribution in [0.1, 0.15) is 12.0 Å². The molecule has 1 aromatic rings. The van der Waals surface area contributed by atoms with Crippen LogP contribution in [0.2, 0.25) is 0 Å². The highest BCUT2D eigenvalue weighted by atomic mass is 16.5. The van der Waals surface area contributed by atoms with Gasteiger partial charge in [-0.3, -0.25) is 0 Å². The van der Waals surface area contributed by atoms with Crippen molar-refractivity contribution in [2.24, 2.45) is 0 Å². The number of benzene rings is 1. The van der Waals surface area contributed by atoms with E-state index in [9.17, 15) is 10.0 Å². The number of allylic oxidation sites excluding steroid dienone is 2. The molecule has 0 saturated carbocycles. The fourth-order valence-corrected chi connectivity index (χ4v) is 2.35. The molecular weight excluding hydrogens is 243 g/mol. The molecule has 0 fully saturated rings. The molecule has 1 aromatic carbocycles. The first-order valence-corrected chi connectivity index (χ1v) is 6.06. The number of methoxy groups -OCH3 is 2. The predicted octanol–water partition coefficient (Wildman–Crippen LogP) is 1.40. The lowest BCUT2D eigenvalue weighted by Gasteiger charge is -2.36. The van der Waals surface area contributed by atoms with Gasteiger partial charge in [-0.25, -0.2) is 0 Å². The molecule has 19 heavy (non-hydrogen) atoms. The smallest absolute Gasteiger partial charge is 0.491 e. The summed E-state index contributed by atoms with van der Waals surface area (Å²) in [5, 5.41) is 19.6. The highest BCUT2D eigenvalue weighted by Crippen LogP contribution is 2.39. The SMILES string of the molecule is COC1=CC=C(c2ccccc2)C(OC)(B(O)O)C1. The molecule has 0 aromatic heterocycles. The minimum absolute atomic E-state index is 0.276. The van der Waals surface area contributed by atoms with E-state index in [-0.39, 0.29) is 6.42 Å². The topological polar surface area (TPSA) is 58.9 Å². The Morgan fingerprint density at radius 3 is 2.32 bits per heavy atom. The minimum Gasteiger partial charge on any atom is -0.501 e. The quantitative estimate of drug-likeness (QED) is 0.803. The van der Waals surface area contributed by atoms with Gasteiger partial charge in [0.2, 0.25) is 0 Å². The Hall–Kier alpha value is -1.56. The molecule has 1 aliphatic rings. The second kappa shape index (κ2) is 5.61. The fraction of sp³-hybridized carbons (Fsp3) is 0.286. The van der Waals surface area contributed by atoms with Crippen LogP contribution in [0, 0.1) is 0 Å². The first-order valence-electron chi connectivity index (χ1n) is 6.06. The monoisotopic (exact) mass is 260 g/mol. The summed E-state index contributed by atoms with van der Waals surface area (Å²) in [5.41, 5.74) is 0.414. The van der Waals surface area contributed by atoms with Gasteiger partial charge in [-0.05, 0) is 17.2 Å². The molecule has 0 aliphatic heterocycles. The van der Waals surface area contributed by atoms with E-state index in [2.05, 4.69) is 0 Å². The van der Waals surface area contributed by atoms with Gasteiger partial charge in [0.15, 0.2) is 0 Å². The van der Waals surface area contributed by atoms with Crippen molar-refractivity contribution < 1.29 is 19.5 Å². The van der Waals surface area contributed by atoms with Crippen LogP contribution in [-0.4, -0.2) is 36.9 Å². The molecule has 0 radical (unpaired) electrons. The third-order valence-electron chi connectivity index (χ3n) is 3.46. The van der Waals surface area contributed by atoms with Crippen molar-refractivity contribution in [3.05, 3.63) is 53.8 Å². The maximum atomic E-state index is 9.78. The molecule has 2 rings (SSSR count). The average molecular weight is 260 g/mol. The van der Waals surface area contributed by atoms with E-state index >= 15 is 0 Å². The fourth-order valence-electron chi connectivity index (χ4n) is 2.35. The Morgan fingerprint density at radius 1 is 1.11 bits per heavy atom. The van der Waals surface area contributed by atoms with Crippen LogP contribution >= 0.6 is 0 Å². The lowest BCUT2D eigenvalue weighted by Crippen LogP contribution is -2.50. The van der Waals surface area contributed by atoms with Crippen LogP contribution in [0.25, 0.3) is 5.57 Å². The van der Waals surface area contributed by atoms with Gasteiger partial charge in [-0.15, -0.1) is 0 Å². The van der Waals surface area contributed by atoms with Crippen molar-refractivity contribution in [3.63, 3.8) is 0 Å². The van der Waals surface area contributed by atoms with Crippen molar-refractivity contribution in [1.82, 2.24) is 0 Å². The zero-order chi connectivity index (χ0) is 13.9. The van der Waals surface area contributed by atoms with E-state index in [1.807, 2.05) is 36.4 Å². The van der Waals surface area contributed by atoms with Gasteiger partial charge in [0.1, 0.15) is 5.50 Å². The van der Waals surface area contributed by atoms with Crippen LogP contribution in [0.4, 0.5) is 0 Å². The van der Waals surface area contributed by atoms with Crippen LogP contribution < -0.4 is 0 Å². The first-order chi connectivity index (χ1) is 9.14.